The predicted molar refractivity (Wildman–Crippen MR) is 102 cm³/mol. The van der Waals surface area contributed by atoms with Gasteiger partial charge in [-0.05, 0) is 62.8 Å². The van der Waals surface area contributed by atoms with E-state index in [1.165, 1.54) is 6.42 Å². The van der Waals surface area contributed by atoms with E-state index in [1.807, 2.05) is 43.0 Å². The van der Waals surface area contributed by atoms with Crippen LogP contribution in [0.25, 0.3) is 0 Å². The Labute approximate surface area is 155 Å². The van der Waals surface area contributed by atoms with E-state index in [4.69, 9.17) is 0 Å². The standard InChI is InChI=1S/C20H30N4O2/c1-15(2)23-19(26)22-13-16-3-5-17(6-4-16)18(25)24-11-8-20(9-12-24)7-10-21-14-20/h3-6,15,21H,7-14H2,1-2H3,(H2,22,23,26). The van der Waals surface area contributed by atoms with Crippen molar-refractivity contribution in [3.8, 4) is 0 Å². The van der Waals surface area contributed by atoms with Gasteiger partial charge in [-0.2, -0.15) is 0 Å². The summed E-state index contributed by atoms with van der Waals surface area (Å²) in [6, 6.07) is 7.48. The smallest absolute Gasteiger partial charge is 0.315 e. The number of carbonyl (C=O) groups excluding carboxylic acids is 2. The van der Waals surface area contributed by atoms with Crippen molar-refractivity contribution in [1.82, 2.24) is 20.9 Å². The number of likely N-dealkylation sites (tertiary alicyclic amines) is 1. The number of nitrogens with zero attached hydrogens (tertiary/aromatic N) is 1. The van der Waals surface area contributed by atoms with Crippen LogP contribution in [-0.4, -0.2) is 49.1 Å². The van der Waals surface area contributed by atoms with Gasteiger partial charge in [-0.3, -0.25) is 4.79 Å². The van der Waals surface area contributed by atoms with Crippen molar-refractivity contribution >= 4 is 11.9 Å². The molecule has 3 rings (SSSR count). The lowest BCUT2D eigenvalue weighted by Gasteiger charge is -2.38. The molecule has 2 saturated heterocycles. The number of hydrogen-bond donors (Lipinski definition) is 3. The molecule has 2 aliphatic heterocycles. The Morgan fingerprint density at radius 3 is 2.42 bits per heavy atom. The van der Waals surface area contributed by atoms with E-state index in [1.54, 1.807) is 0 Å². The topological polar surface area (TPSA) is 73.5 Å². The second-order valence-corrected chi connectivity index (χ2v) is 7.90. The highest BCUT2D eigenvalue weighted by Gasteiger charge is 2.38. The van der Waals surface area contributed by atoms with Gasteiger partial charge in [-0.15, -0.1) is 0 Å². The molecule has 0 saturated carbocycles. The first-order chi connectivity index (χ1) is 12.5. The quantitative estimate of drug-likeness (QED) is 0.772. The molecular formula is C20H30N4O2. The Morgan fingerprint density at radius 1 is 1.15 bits per heavy atom. The van der Waals surface area contributed by atoms with E-state index >= 15 is 0 Å². The molecule has 2 heterocycles. The zero-order valence-corrected chi connectivity index (χ0v) is 15.8. The molecule has 0 aliphatic carbocycles. The zero-order chi connectivity index (χ0) is 18.6. The van der Waals surface area contributed by atoms with Crippen molar-refractivity contribution in [1.29, 1.82) is 0 Å². The maximum atomic E-state index is 12.7. The van der Waals surface area contributed by atoms with Crippen LogP contribution in [0.15, 0.2) is 24.3 Å². The van der Waals surface area contributed by atoms with Crippen molar-refractivity contribution in [2.45, 2.75) is 45.7 Å². The molecule has 26 heavy (non-hydrogen) atoms. The van der Waals surface area contributed by atoms with Crippen LogP contribution in [0.3, 0.4) is 0 Å². The summed E-state index contributed by atoms with van der Waals surface area (Å²) in [5.74, 6) is 0.114. The van der Waals surface area contributed by atoms with Crippen molar-refractivity contribution < 1.29 is 9.59 Å². The molecule has 3 amide bonds. The van der Waals surface area contributed by atoms with Gasteiger partial charge in [-0.1, -0.05) is 12.1 Å². The fraction of sp³-hybridized carbons (Fsp3) is 0.600. The summed E-state index contributed by atoms with van der Waals surface area (Å²) in [5, 5.41) is 9.07. The van der Waals surface area contributed by atoms with Gasteiger partial charge in [0.05, 0.1) is 0 Å². The van der Waals surface area contributed by atoms with Gasteiger partial charge >= 0.3 is 6.03 Å². The highest BCUT2D eigenvalue weighted by molar-refractivity contribution is 5.94. The molecule has 1 aromatic carbocycles. The van der Waals surface area contributed by atoms with E-state index in [-0.39, 0.29) is 18.0 Å². The SMILES string of the molecule is CC(C)NC(=O)NCc1ccc(C(=O)N2CCC3(CCNC3)CC2)cc1. The van der Waals surface area contributed by atoms with Crippen LogP contribution >= 0.6 is 0 Å². The number of nitrogens with one attached hydrogen (secondary N) is 3. The molecular weight excluding hydrogens is 328 g/mol. The normalized spacial score (nSPS) is 19.0. The number of hydrogen-bond acceptors (Lipinski definition) is 3. The summed E-state index contributed by atoms with van der Waals surface area (Å²) < 4.78 is 0. The molecule has 0 bridgehead atoms. The number of urea groups is 1. The third kappa shape index (κ3) is 4.55. The highest BCUT2D eigenvalue weighted by atomic mass is 16.2. The van der Waals surface area contributed by atoms with Crippen LogP contribution in [0.4, 0.5) is 4.79 Å². The first kappa shape index (κ1) is 18.7. The van der Waals surface area contributed by atoms with E-state index in [2.05, 4.69) is 16.0 Å². The third-order valence-corrected chi connectivity index (χ3v) is 5.52. The molecule has 2 fully saturated rings. The van der Waals surface area contributed by atoms with Crippen LogP contribution in [0.5, 0.6) is 0 Å². The van der Waals surface area contributed by atoms with Crippen molar-refractivity contribution in [2.75, 3.05) is 26.2 Å². The molecule has 142 valence electrons. The van der Waals surface area contributed by atoms with Gasteiger partial charge in [0, 0.05) is 37.8 Å². The largest absolute Gasteiger partial charge is 0.339 e. The van der Waals surface area contributed by atoms with Gasteiger partial charge < -0.3 is 20.9 Å². The Balaban J connectivity index is 1.50. The van der Waals surface area contributed by atoms with Gasteiger partial charge in [0.15, 0.2) is 0 Å². The second kappa shape index (κ2) is 8.08. The van der Waals surface area contributed by atoms with Crippen LogP contribution < -0.4 is 16.0 Å². The molecule has 0 aromatic heterocycles. The summed E-state index contributed by atoms with van der Waals surface area (Å²) in [7, 11) is 0. The molecule has 6 nitrogen and oxygen atoms in total. The molecule has 0 radical (unpaired) electrons. The van der Waals surface area contributed by atoms with Crippen molar-refractivity contribution in [2.24, 2.45) is 5.41 Å². The highest BCUT2D eigenvalue weighted by Crippen LogP contribution is 2.37. The zero-order valence-electron chi connectivity index (χ0n) is 15.8. The van der Waals surface area contributed by atoms with Crippen LogP contribution in [0.2, 0.25) is 0 Å². The maximum absolute atomic E-state index is 12.7. The third-order valence-electron chi connectivity index (χ3n) is 5.52. The summed E-state index contributed by atoms with van der Waals surface area (Å²) in [4.78, 5) is 26.3. The Kier molecular flexibility index (Phi) is 5.81. The molecule has 0 unspecified atom stereocenters. The maximum Gasteiger partial charge on any atom is 0.315 e. The summed E-state index contributed by atoms with van der Waals surface area (Å²) in [5.41, 5.74) is 2.12. The molecule has 2 aliphatic rings. The van der Waals surface area contributed by atoms with E-state index in [0.29, 0.717) is 12.0 Å². The van der Waals surface area contributed by atoms with Gasteiger partial charge in [-0.25, -0.2) is 4.79 Å². The lowest BCUT2D eigenvalue weighted by Crippen LogP contribution is -2.44. The number of carbonyl (C=O) groups is 2. The molecule has 1 spiro atoms. The summed E-state index contributed by atoms with van der Waals surface area (Å²) in [6.07, 6.45) is 3.43. The monoisotopic (exact) mass is 358 g/mol. The molecule has 6 heteroatoms. The minimum atomic E-state index is -0.177. The van der Waals surface area contributed by atoms with Crippen molar-refractivity contribution in [3.05, 3.63) is 35.4 Å². The van der Waals surface area contributed by atoms with E-state index in [9.17, 15) is 9.59 Å². The Hall–Kier alpha value is -2.08. The molecule has 3 N–H and O–H groups in total. The average molecular weight is 358 g/mol. The second-order valence-electron chi connectivity index (χ2n) is 7.90. The fourth-order valence-corrected chi connectivity index (χ4v) is 3.85. The molecule has 0 atom stereocenters. The predicted octanol–water partition coefficient (Wildman–Crippen LogP) is 2.11. The summed E-state index contributed by atoms with van der Waals surface area (Å²) in [6.45, 7) is 8.20. The van der Waals surface area contributed by atoms with Crippen LogP contribution in [0, 0.1) is 5.41 Å². The van der Waals surface area contributed by atoms with E-state index in [0.717, 1.165) is 50.1 Å². The van der Waals surface area contributed by atoms with Gasteiger partial charge in [0.2, 0.25) is 0 Å². The fourth-order valence-electron chi connectivity index (χ4n) is 3.85. The number of piperidine rings is 1. The Morgan fingerprint density at radius 2 is 1.85 bits per heavy atom. The number of amides is 3. The summed E-state index contributed by atoms with van der Waals surface area (Å²) >= 11 is 0. The molecule has 1 aromatic rings. The minimum Gasteiger partial charge on any atom is -0.339 e. The van der Waals surface area contributed by atoms with Gasteiger partial charge in [0.1, 0.15) is 0 Å². The number of rotatable bonds is 4. The average Bonchev–Trinajstić information content (AvgIpc) is 3.08. The minimum absolute atomic E-state index is 0.110. The Bertz CT molecular complexity index is 626. The first-order valence-electron chi connectivity index (χ1n) is 9.61. The first-order valence-corrected chi connectivity index (χ1v) is 9.61. The number of benzene rings is 1. The van der Waals surface area contributed by atoms with Crippen LogP contribution in [0.1, 0.15) is 49.0 Å². The lowest BCUT2D eigenvalue weighted by atomic mass is 9.78. The van der Waals surface area contributed by atoms with Gasteiger partial charge in [0.25, 0.3) is 5.91 Å². The van der Waals surface area contributed by atoms with Crippen LogP contribution in [-0.2, 0) is 6.54 Å². The van der Waals surface area contributed by atoms with E-state index < -0.39 is 0 Å². The lowest BCUT2D eigenvalue weighted by molar-refractivity contribution is 0.0607. The van der Waals surface area contributed by atoms with Crippen molar-refractivity contribution in [3.63, 3.8) is 0 Å².